The summed E-state index contributed by atoms with van der Waals surface area (Å²) in [6.45, 7) is 7.38. The minimum atomic E-state index is 0.197. The van der Waals surface area contributed by atoms with E-state index in [1.165, 1.54) is 24.1 Å². The first-order valence-electron chi connectivity index (χ1n) is 11.9. The normalized spacial score (nSPS) is 20.8. The molecule has 0 radical (unpaired) electrons. The van der Waals surface area contributed by atoms with Crippen LogP contribution in [0.25, 0.3) is 0 Å². The van der Waals surface area contributed by atoms with E-state index in [1.54, 1.807) is 7.11 Å². The van der Waals surface area contributed by atoms with Gasteiger partial charge in [-0.1, -0.05) is 12.1 Å². The zero-order valence-electron chi connectivity index (χ0n) is 19.0. The first-order chi connectivity index (χ1) is 15.7. The van der Waals surface area contributed by atoms with Crippen LogP contribution < -0.4 is 14.4 Å². The zero-order chi connectivity index (χ0) is 21.9. The van der Waals surface area contributed by atoms with E-state index < -0.39 is 0 Å². The average Bonchev–Trinajstić information content (AvgIpc) is 3.20. The molecule has 1 fully saturated rings. The highest BCUT2D eigenvalue weighted by molar-refractivity contribution is 6.01. The van der Waals surface area contributed by atoms with Gasteiger partial charge in [-0.3, -0.25) is 4.79 Å². The maximum Gasteiger partial charge on any atom is 0.256 e. The fourth-order valence-electron chi connectivity index (χ4n) is 5.30. The SMILES string of the molecule is COc1ccc(OCC2CCCN(CCN3CCN4CCc5cccc(c54)C3=O)C2)cc1. The number of rotatable bonds is 7. The highest BCUT2D eigenvalue weighted by atomic mass is 16.5. The van der Waals surface area contributed by atoms with E-state index in [1.807, 2.05) is 36.4 Å². The van der Waals surface area contributed by atoms with Crippen molar-refractivity contribution < 1.29 is 14.3 Å². The number of piperidine rings is 1. The lowest BCUT2D eigenvalue weighted by Gasteiger charge is -2.34. The Hall–Kier alpha value is -2.73. The Balaban J connectivity index is 1.14. The van der Waals surface area contributed by atoms with Crippen LogP contribution in [0.4, 0.5) is 5.69 Å². The van der Waals surface area contributed by atoms with Crippen molar-refractivity contribution in [1.29, 1.82) is 0 Å². The van der Waals surface area contributed by atoms with Crippen LogP contribution in [0, 0.1) is 5.92 Å². The van der Waals surface area contributed by atoms with Gasteiger partial charge >= 0.3 is 0 Å². The predicted octanol–water partition coefficient (Wildman–Crippen LogP) is 3.30. The number of hydrogen-bond acceptors (Lipinski definition) is 5. The third kappa shape index (κ3) is 4.42. The molecule has 1 saturated heterocycles. The highest BCUT2D eigenvalue weighted by Gasteiger charge is 2.31. The second-order valence-electron chi connectivity index (χ2n) is 9.14. The Labute approximate surface area is 190 Å². The Kier molecular flexibility index (Phi) is 6.21. The van der Waals surface area contributed by atoms with Crippen LogP contribution in [0.1, 0.15) is 28.8 Å². The summed E-state index contributed by atoms with van der Waals surface area (Å²) in [5.74, 6) is 2.46. The fourth-order valence-corrected chi connectivity index (χ4v) is 5.30. The predicted molar refractivity (Wildman–Crippen MR) is 126 cm³/mol. The van der Waals surface area contributed by atoms with E-state index in [9.17, 15) is 4.79 Å². The van der Waals surface area contributed by atoms with Gasteiger partial charge in [0.05, 0.1) is 25.0 Å². The maximum atomic E-state index is 13.3. The third-order valence-corrected chi connectivity index (χ3v) is 7.08. The standard InChI is InChI=1S/C26H33N3O3/c1-31-22-7-9-23(10-8-22)32-19-20-4-3-12-27(18-20)14-15-29-17-16-28-13-11-21-5-2-6-24(25(21)28)26(29)30/h2,5-10,20H,3-4,11-19H2,1H3. The summed E-state index contributed by atoms with van der Waals surface area (Å²) in [6.07, 6.45) is 3.44. The van der Waals surface area contributed by atoms with Crippen molar-refractivity contribution in [2.45, 2.75) is 19.3 Å². The number of para-hydroxylation sites is 1. The molecule has 0 spiro atoms. The minimum absolute atomic E-state index is 0.197. The quantitative estimate of drug-likeness (QED) is 0.668. The van der Waals surface area contributed by atoms with Crippen molar-refractivity contribution >= 4 is 11.6 Å². The molecule has 170 valence electrons. The largest absolute Gasteiger partial charge is 0.497 e. The number of methoxy groups -OCH3 is 1. The molecular weight excluding hydrogens is 402 g/mol. The number of ether oxygens (including phenoxy) is 2. The molecule has 2 aromatic carbocycles. The van der Waals surface area contributed by atoms with E-state index in [0.717, 1.165) is 75.9 Å². The Morgan fingerprint density at radius 3 is 2.66 bits per heavy atom. The molecule has 6 nitrogen and oxygen atoms in total. The molecular formula is C26H33N3O3. The molecule has 1 amide bonds. The van der Waals surface area contributed by atoms with E-state index >= 15 is 0 Å². The highest BCUT2D eigenvalue weighted by Crippen LogP contribution is 2.34. The lowest BCUT2D eigenvalue weighted by Crippen LogP contribution is -2.44. The molecule has 0 aromatic heterocycles. The van der Waals surface area contributed by atoms with Crippen LogP contribution in [-0.4, -0.2) is 75.2 Å². The van der Waals surface area contributed by atoms with Gasteiger partial charge in [0.15, 0.2) is 0 Å². The number of likely N-dealkylation sites (tertiary alicyclic amines) is 1. The van der Waals surface area contributed by atoms with Crippen LogP contribution in [0.5, 0.6) is 11.5 Å². The molecule has 1 unspecified atom stereocenters. The molecule has 0 aliphatic carbocycles. The van der Waals surface area contributed by atoms with Gasteiger partial charge in [-0.2, -0.15) is 0 Å². The average molecular weight is 436 g/mol. The van der Waals surface area contributed by atoms with E-state index in [-0.39, 0.29) is 5.91 Å². The third-order valence-electron chi connectivity index (χ3n) is 7.08. The van der Waals surface area contributed by atoms with Crippen molar-refractivity contribution in [2.75, 3.05) is 64.4 Å². The topological polar surface area (TPSA) is 45.3 Å². The number of benzene rings is 2. The van der Waals surface area contributed by atoms with Crippen molar-refractivity contribution in [3.05, 3.63) is 53.6 Å². The van der Waals surface area contributed by atoms with Crippen LogP contribution >= 0.6 is 0 Å². The first-order valence-corrected chi connectivity index (χ1v) is 11.9. The molecule has 0 saturated carbocycles. The number of carbonyl (C=O) groups is 1. The first kappa shape index (κ1) is 21.1. The Morgan fingerprint density at radius 2 is 1.81 bits per heavy atom. The summed E-state index contributed by atoms with van der Waals surface area (Å²) < 4.78 is 11.2. The van der Waals surface area contributed by atoms with Gasteiger partial charge in [0.2, 0.25) is 0 Å². The summed E-state index contributed by atoms with van der Waals surface area (Å²) in [6, 6.07) is 14.0. The summed E-state index contributed by atoms with van der Waals surface area (Å²) in [7, 11) is 1.67. The molecule has 6 heteroatoms. The Morgan fingerprint density at radius 1 is 0.969 bits per heavy atom. The molecule has 3 aliphatic rings. The molecule has 5 rings (SSSR count). The van der Waals surface area contributed by atoms with Crippen molar-refractivity contribution in [3.63, 3.8) is 0 Å². The number of anilines is 1. The van der Waals surface area contributed by atoms with E-state index in [2.05, 4.69) is 20.8 Å². The lowest BCUT2D eigenvalue weighted by atomic mass is 9.99. The number of hydrogen-bond donors (Lipinski definition) is 0. The van der Waals surface area contributed by atoms with Gasteiger partial charge in [-0.15, -0.1) is 0 Å². The number of amides is 1. The Bertz CT molecular complexity index is 946. The molecule has 3 aliphatic heterocycles. The molecule has 0 bridgehead atoms. The maximum absolute atomic E-state index is 13.3. The summed E-state index contributed by atoms with van der Waals surface area (Å²) >= 11 is 0. The van der Waals surface area contributed by atoms with Gasteiger partial charge in [0.1, 0.15) is 11.5 Å². The molecule has 0 N–H and O–H groups in total. The van der Waals surface area contributed by atoms with Crippen LogP contribution in [0.15, 0.2) is 42.5 Å². The van der Waals surface area contributed by atoms with Gasteiger partial charge in [-0.25, -0.2) is 0 Å². The van der Waals surface area contributed by atoms with Crippen LogP contribution in [0.3, 0.4) is 0 Å². The van der Waals surface area contributed by atoms with Crippen LogP contribution in [0.2, 0.25) is 0 Å². The molecule has 32 heavy (non-hydrogen) atoms. The summed E-state index contributed by atoms with van der Waals surface area (Å²) in [5, 5.41) is 0. The summed E-state index contributed by atoms with van der Waals surface area (Å²) in [5.41, 5.74) is 3.41. The van der Waals surface area contributed by atoms with Gasteiger partial charge in [0.25, 0.3) is 5.91 Å². The molecule has 3 heterocycles. The van der Waals surface area contributed by atoms with Crippen LogP contribution in [-0.2, 0) is 6.42 Å². The smallest absolute Gasteiger partial charge is 0.256 e. The summed E-state index contributed by atoms with van der Waals surface area (Å²) in [4.78, 5) is 20.2. The lowest BCUT2D eigenvalue weighted by molar-refractivity contribution is 0.0716. The van der Waals surface area contributed by atoms with Crippen molar-refractivity contribution in [2.24, 2.45) is 5.92 Å². The number of carbonyl (C=O) groups excluding carboxylic acids is 1. The minimum Gasteiger partial charge on any atom is -0.497 e. The second kappa shape index (κ2) is 9.41. The van der Waals surface area contributed by atoms with Crippen molar-refractivity contribution in [3.8, 4) is 11.5 Å². The number of nitrogens with zero attached hydrogens (tertiary/aromatic N) is 3. The van der Waals surface area contributed by atoms with Crippen molar-refractivity contribution in [1.82, 2.24) is 9.80 Å². The van der Waals surface area contributed by atoms with E-state index in [4.69, 9.17) is 9.47 Å². The van der Waals surface area contributed by atoms with Gasteiger partial charge < -0.3 is 24.2 Å². The van der Waals surface area contributed by atoms with Gasteiger partial charge in [0, 0.05) is 45.2 Å². The van der Waals surface area contributed by atoms with Gasteiger partial charge in [-0.05, 0) is 61.7 Å². The van der Waals surface area contributed by atoms with E-state index in [0.29, 0.717) is 5.92 Å². The fraction of sp³-hybridized carbons (Fsp3) is 0.500. The second-order valence-corrected chi connectivity index (χ2v) is 9.14. The zero-order valence-corrected chi connectivity index (χ0v) is 19.0. The monoisotopic (exact) mass is 435 g/mol. The molecule has 1 atom stereocenters. The molecule has 2 aromatic rings.